The number of rotatable bonds is 6. The Kier molecular flexibility index (Phi) is 6.28. The predicted molar refractivity (Wildman–Crippen MR) is 90.9 cm³/mol. The van der Waals surface area contributed by atoms with E-state index in [4.69, 9.17) is 10.5 Å². The molecule has 3 N–H and O–H groups in total. The average Bonchev–Trinajstić information content (AvgIpc) is 2.61. The Morgan fingerprint density at radius 1 is 1.11 bits per heavy atom. The van der Waals surface area contributed by atoms with Gasteiger partial charge in [-0.3, -0.25) is 4.79 Å². The highest BCUT2D eigenvalue weighted by Crippen LogP contribution is 2.44. The summed E-state index contributed by atoms with van der Waals surface area (Å²) in [6, 6.07) is 4.20. The van der Waals surface area contributed by atoms with Crippen LogP contribution in [0.25, 0.3) is 0 Å². The topological polar surface area (TPSA) is 72.5 Å². The van der Waals surface area contributed by atoms with Crippen LogP contribution in [0.3, 0.4) is 0 Å². The Morgan fingerprint density at radius 2 is 1.68 bits per heavy atom. The summed E-state index contributed by atoms with van der Waals surface area (Å²) in [7, 11) is 0. The van der Waals surface area contributed by atoms with Gasteiger partial charge in [-0.25, -0.2) is 8.78 Å². The molecule has 0 heterocycles. The van der Waals surface area contributed by atoms with Crippen molar-refractivity contribution < 1.29 is 36.6 Å². The van der Waals surface area contributed by atoms with Gasteiger partial charge in [0.15, 0.2) is 17.4 Å². The van der Waals surface area contributed by atoms with Crippen LogP contribution in [0.2, 0.25) is 0 Å². The lowest BCUT2D eigenvalue weighted by molar-refractivity contribution is -0.140. The van der Waals surface area contributed by atoms with Crippen LogP contribution in [0.15, 0.2) is 24.3 Å². The molecule has 4 nitrogen and oxygen atoms in total. The molecule has 0 aliphatic rings. The normalized spacial score (nSPS) is 11.8. The molecular formula is C19H18F5NO3. The van der Waals surface area contributed by atoms with E-state index in [1.165, 1.54) is 19.9 Å². The molecule has 9 heteroatoms. The number of alkyl halides is 3. The first-order valence-electron chi connectivity index (χ1n) is 8.25. The molecule has 0 aromatic heterocycles. The fourth-order valence-electron chi connectivity index (χ4n) is 2.53. The van der Waals surface area contributed by atoms with Crippen LogP contribution < -0.4 is 10.5 Å². The number of nitrogens with two attached hydrogens (primary N) is 1. The Balaban J connectivity index is 2.43. The second kappa shape index (κ2) is 8.14. The Morgan fingerprint density at radius 3 is 2.21 bits per heavy atom. The van der Waals surface area contributed by atoms with Gasteiger partial charge < -0.3 is 15.6 Å². The summed E-state index contributed by atoms with van der Waals surface area (Å²) in [6.07, 6.45) is -5.04. The van der Waals surface area contributed by atoms with Gasteiger partial charge in [0.1, 0.15) is 23.7 Å². The molecule has 0 fully saturated rings. The summed E-state index contributed by atoms with van der Waals surface area (Å²) in [5.41, 5.74) is 2.78. The van der Waals surface area contributed by atoms with Gasteiger partial charge in [0.2, 0.25) is 0 Å². The molecule has 2 rings (SSSR count). The van der Waals surface area contributed by atoms with E-state index < -0.39 is 58.7 Å². The van der Waals surface area contributed by atoms with Crippen LogP contribution >= 0.6 is 0 Å². The Hall–Kier alpha value is -2.68. The molecule has 0 spiro atoms. The van der Waals surface area contributed by atoms with E-state index in [0.717, 1.165) is 18.2 Å². The lowest BCUT2D eigenvalue weighted by Gasteiger charge is -2.18. The number of benzene rings is 2. The molecule has 0 atom stereocenters. The summed E-state index contributed by atoms with van der Waals surface area (Å²) < 4.78 is 73.0. The Labute approximate surface area is 157 Å². The largest absolute Gasteiger partial charge is 0.506 e. The highest BCUT2D eigenvalue weighted by atomic mass is 19.4. The van der Waals surface area contributed by atoms with Crippen LogP contribution in [-0.2, 0) is 19.3 Å². The molecule has 0 aliphatic carbocycles. The summed E-state index contributed by atoms with van der Waals surface area (Å²) in [5, 5.41) is 10.0. The molecule has 0 saturated carbocycles. The minimum absolute atomic E-state index is 0.0913. The number of ether oxygens (including phenoxy) is 1. The number of halogens is 5. The minimum atomic E-state index is -5.04. The van der Waals surface area contributed by atoms with Crippen LogP contribution in [-0.4, -0.2) is 10.9 Å². The van der Waals surface area contributed by atoms with Crippen molar-refractivity contribution >= 4 is 5.78 Å². The quantitative estimate of drug-likeness (QED) is 0.548. The lowest BCUT2D eigenvalue weighted by Crippen LogP contribution is -2.14. The van der Waals surface area contributed by atoms with E-state index in [9.17, 15) is 31.9 Å². The number of Topliss-reactive ketones (excluding diaryl/α,β-unsaturated/α-hetero) is 1. The third kappa shape index (κ3) is 4.24. The SMILES string of the molecule is CC(C)C(=O)c1ccc(OCc2ccc(CN)c(F)c2F)c(C(F)(F)F)c1O. The third-order valence-corrected chi connectivity index (χ3v) is 4.06. The number of phenolic OH excluding ortho intramolecular Hbond substituents is 1. The molecule has 0 bridgehead atoms. The van der Waals surface area contributed by atoms with Crippen molar-refractivity contribution in [2.75, 3.05) is 0 Å². The summed E-state index contributed by atoms with van der Waals surface area (Å²) >= 11 is 0. The number of hydrogen-bond acceptors (Lipinski definition) is 4. The molecule has 152 valence electrons. The van der Waals surface area contributed by atoms with Crippen molar-refractivity contribution in [1.82, 2.24) is 0 Å². The number of phenols is 1. The van der Waals surface area contributed by atoms with Crippen molar-refractivity contribution in [2.45, 2.75) is 33.2 Å². The zero-order valence-corrected chi connectivity index (χ0v) is 15.0. The first kappa shape index (κ1) is 21.6. The van der Waals surface area contributed by atoms with Gasteiger partial charge in [-0.15, -0.1) is 0 Å². The van der Waals surface area contributed by atoms with Gasteiger partial charge in [0.25, 0.3) is 0 Å². The van der Waals surface area contributed by atoms with E-state index in [2.05, 4.69) is 0 Å². The average molecular weight is 403 g/mol. The molecule has 2 aromatic rings. The predicted octanol–water partition coefficient (Wildman–Crippen LogP) is 4.57. The van der Waals surface area contributed by atoms with Gasteiger partial charge in [-0.05, 0) is 12.1 Å². The van der Waals surface area contributed by atoms with E-state index in [0.29, 0.717) is 0 Å². The zero-order chi connectivity index (χ0) is 21.2. The lowest BCUT2D eigenvalue weighted by atomic mass is 9.97. The molecular weight excluding hydrogens is 385 g/mol. The highest BCUT2D eigenvalue weighted by molar-refractivity contribution is 6.00. The van der Waals surface area contributed by atoms with E-state index in [1.54, 1.807) is 0 Å². The highest BCUT2D eigenvalue weighted by Gasteiger charge is 2.40. The fraction of sp³-hybridized carbons (Fsp3) is 0.316. The van der Waals surface area contributed by atoms with Gasteiger partial charge in [0, 0.05) is 23.6 Å². The molecule has 2 aromatic carbocycles. The van der Waals surface area contributed by atoms with Crippen LogP contribution in [0.1, 0.15) is 40.9 Å². The number of aromatic hydroxyl groups is 1. The second-order valence-electron chi connectivity index (χ2n) is 6.36. The number of hydrogen-bond donors (Lipinski definition) is 2. The van der Waals surface area contributed by atoms with Crippen molar-refractivity contribution in [1.29, 1.82) is 0 Å². The molecule has 0 aliphatic heterocycles. The Bertz CT molecular complexity index is 894. The molecule has 0 saturated heterocycles. The number of carbonyl (C=O) groups excluding carboxylic acids is 1. The molecule has 0 radical (unpaired) electrons. The van der Waals surface area contributed by atoms with E-state index in [-0.39, 0.29) is 17.7 Å². The van der Waals surface area contributed by atoms with Crippen molar-refractivity contribution in [3.8, 4) is 11.5 Å². The first-order valence-corrected chi connectivity index (χ1v) is 8.25. The van der Waals surface area contributed by atoms with Crippen molar-refractivity contribution in [2.24, 2.45) is 11.7 Å². The van der Waals surface area contributed by atoms with Crippen molar-refractivity contribution in [3.05, 3.63) is 58.2 Å². The van der Waals surface area contributed by atoms with Crippen molar-refractivity contribution in [3.63, 3.8) is 0 Å². The van der Waals surface area contributed by atoms with E-state index >= 15 is 0 Å². The van der Waals surface area contributed by atoms with Crippen LogP contribution in [0.5, 0.6) is 11.5 Å². The van der Waals surface area contributed by atoms with Gasteiger partial charge >= 0.3 is 6.18 Å². The van der Waals surface area contributed by atoms with E-state index in [1.807, 2.05) is 0 Å². The molecule has 0 amide bonds. The summed E-state index contributed by atoms with van der Waals surface area (Å²) in [5.74, 6) is -5.90. The number of ketones is 1. The molecule has 0 unspecified atom stereocenters. The minimum Gasteiger partial charge on any atom is -0.506 e. The van der Waals surface area contributed by atoms with Crippen LogP contribution in [0.4, 0.5) is 22.0 Å². The standard InChI is InChI=1S/C19H18F5NO3/c1-9(2)17(26)12-5-6-13(14(18(12)27)19(22,23)24)28-8-11-4-3-10(7-25)15(20)16(11)21/h3-6,9,27H,7-8,25H2,1-2H3. The van der Waals surface area contributed by atoms with Gasteiger partial charge in [-0.1, -0.05) is 26.0 Å². The maximum absolute atomic E-state index is 14.0. The summed E-state index contributed by atoms with van der Waals surface area (Å²) in [6.45, 7) is 1.97. The smallest absolute Gasteiger partial charge is 0.423 e. The van der Waals surface area contributed by atoms with Gasteiger partial charge in [0.05, 0.1) is 5.56 Å². The first-order chi connectivity index (χ1) is 13.0. The molecule has 28 heavy (non-hydrogen) atoms. The fourth-order valence-corrected chi connectivity index (χ4v) is 2.53. The summed E-state index contributed by atoms with van der Waals surface area (Å²) in [4.78, 5) is 12.0. The maximum Gasteiger partial charge on any atom is 0.423 e. The monoisotopic (exact) mass is 403 g/mol. The maximum atomic E-state index is 14.0. The van der Waals surface area contributed by atoms with Gasteiger partial charge in [-0.2, -0.15) is 13.2 Å². The van der Waals surface area contributed by atoms with Crippen LogP contribution in [0, 0.1) is 17.6 Å². The number of carbonyl (C=O) groups is 1. The second-order valence-corrected chi connectivity index (χ2v) is 6.36. The zero-order valence-electron chi connectivity index (χ0n) is 15.0. The third-order valence-electron chi connectivity index (χ3n) is 4.06.